The maximum Gasteiger partial charge on any atom is 0.225 e. The van der Waals surface area contributed by atoms with E-state index in [0.717, 1.165) is 75.5 Å². The van der Waals surface area contributed by atoms with E-state index >= 15 is 0 Å². The molecule has 1 aromatic carbocycles. The van der Waals surface area contributed by atoms with Crippen LogP contribution in [0.2, 0.25) is 10.0 Å². The maximum atomic E-state index is 6.26. The third-order valence-electron chi connectivity index (χ3n) is 5.96. The van der Waals surface area contributed by atoms with Crippen molar-refractivity contribution in [3.05, 3.63) is 64.8 Å². The zero-order valence-electron chi connectivity index (χ0n) is 18.9. The lowest BCUT2D eigenvalue weighted by Gasteiger charge is -2.27. The molecular formula is C25H27Cl2N6O. The number of aromatic nitrogens is 3. The number of piperazine rings is 1. The van der Waals surface area contributed by atoms with Crippen molar-refractivity contribution in [2.24, 2.45) is 0 Å². The molecule has 2 fully saturated rings. The van der Waals surface area contributed by atoms with Gasteiger partial charge in [-0.3, -0.25) is 4.90 Å². The molecule has 0 bridgehead atoms. The molecule has 177 valence electrons. The second-order valence-electron chi connectivity index (χ2n) is 8.56. The van der Waals surface area contributed by atoms with E-state index in [1.54, 1.807) is 18.5 Å². The van der Waals surface area contributed by atoms with E-state index in [-0.39, 0.29) is 0 Å². The van der Waals surface area contributed by atoms with Crippen LogP contribution < -0.4 is 15.0 Å². The maximum absolute atomic E-state index is 6.26. The van der Waals surface area contributed by atoms with Crippen molar-refractivity contribution < 1.29 is 4.74 Å². The average Bonchev–Trinajstić information content (AvgIpc) is 2.85. The Labute approximate surface area is 210 Å². The number of nitrogens with one attached hydrogen (secondary N) is 1. The number of hydrogen-bond acceptors (Lipinski definition) is 7. The van der Waals surface area contributed by atoms with Crippen LogP contribution in [-0.2, 0) is 6.54 Å². The van der Waals surface area contributed by atoms with Gasteiger partial charge in [-0.25, -0.2) is 15.0 Å². The van der Waals surface area contributed by atoms with Gasteiger partial charge >= 0.3 is 0 Å². The summed E-state index contributed by atoms with van der Waals surface area (Å²) in [6.45, 7) is 6.59. The summed E-state index contributed by atoms with van der Waals surface area (Å²) in [5.41, 5.74) is 2.73. The SMILES string of the molecule is Clc1cc(Cl)cc(-c2cc(CN3CC[CH]CC3)cc(Oc3cnc(N4CCNCC4)nc3)n2)c1. The van der Waals surface area contributed by atoms with Crippen molar-refractivity contribution in [2.75, 3.05) is 44.2 Å². The molecule has 7 nitrogen and oxygen atoms in total. The molecule has 3 aromatic rings. The Hall–Kier alpha value is -2.45. The normalized spacial score (nSPS) is 17.1. The fraction of sp³-hybridized carbons (Fsp3) is 0.360. The molecule has 5 rings (SSSR count). The third-order valence-corrected chi connectivity index (χ3v) is 6.40. The van der Waals surface area contributed by atoms with Gasteiger partial charge in [-0.15, -0.1) is 0 Å². The molecule has 1 N–H and O–H groups in total. The summed E-state index contributed by atoms with van der Waals surface area (Å²) in [5, 5.41) is 4.48. The molecule has 0 spiro atoms. The van der Waals surface area contributed by atoms with Gasteiger partial charge in [0.2, 0.25) is 11.8 Å². The lowest BCUT2D eigenvalue weighted by atomic mass is 10.1. The van der Waals surface area contributed by atoms with Crippen LogP contribution in [0.25, 0.3) is 11.3 Å². The fourth-order valence-electron chi connectivity index (χ4n) is 4.28. The number of piperidine rings is 1. The number of benzene rings is 1. The van der Waals surface area contributed by atoms with Crippen molar-refractivity contribution in [1.29, 1.82) is 0 Å². The Morgan fingerprint density at radius 1 is 0.882 bits per heavy atom. The summed E-state index contributed by atoms with van der Waals surface area (Å²) >= 11 is 12.5. The van der Waals surface area contributed by atoms with Gasteiger partial charge in [0.25, 0.3) is 0 Å². The second-order valence-corrected chi connectivity index (χ2v) is 9.43. The lowest BCUT2D eigenvalue weighted by molar-refractivity contribution is 0.245. The first-order chi connectivity index (χ1) is 16.6. The van der Waals surface area contributed by atoms with Crippen LogP contribution in [-0.4, -0.2) is 59.1 Å². The minimum Gasteiger partial charge on any atom is -0.436 e. The Balaban J connectivity index is 1.41. The van der Waals surface area contributed by atoms with E-state index < -0.39 is 0 Å². The van der Waals surface area contributed by atoms with E-state index in [9.17, 15) is 0 Å². The van der Waals surface area contributed by atoms with E-state index in [4.69, 9.17) is 32.9 Å². The molecule has 9 heteroatoms. The van der Waals surface area contributed by atoms with Crippen molar-refractivity contribution in [1.82, 2.24) is 25.2 Å². The molecule has 2 saturated heterocycles. The number of anilines is 1. The molecule has 34 heavy (non-hydrogen) atoms. The third kappa shape index (κ3) is 5.96. The number of halogens is 2. The number of ether oxygens (including phenoxy) is 1. The van der Waals surface area contributed by atoms with Crippen LogP contribution in [0.15, 0.2) is 42.7 Å². The zero-order chi connectivity index (χ0) is 23.3. The highest BCUT2D eigenvalue weighted by Gasteiger charge is 2.16. The van der Waals surface area contributed by atoms with E-state index in [0.29, 0.717) is 27.6 Å². The number of nitrogens with zero attached hydrogens (tertiary/aromatic N) is 5. The minimum absolute atomic E-state index is 0.491. The Morgan fingerprint density at radius 2 is 1.59 bits per heavy atom. The zero-order valence-corrected chi connectivity index (χ0v) is 20.4. The van der Waals surface area contributed by atoms with Crippen molar-refractivity contribution in [3.8, 4) is 22.9 Å². The summed E-state index contributed by atoms with van der Waals surface area (Å²) in [5.74, 6) is 1.75. The predicted octanol–water partition coefficient (Wildman–Crippen LogP) is 4.85. The first kappa shape index (κ1) is 23.3. The molecule has 0 atom stereocenters. The first-order valence-corrected chi connectivity index (χ1v) is 12.3. The topological polar surface area (TPSA) is 66.4 Å². The molecule has 0 unspecified atom stereocenters. The van der Waals surface area contributed by atoms with Crippen LogP contribution in [0.1, 0.15) is 18.4 Å². The predicted molar refractivity (Wildman–Crippen MR) is 136 cm³/mol. The van der Waals surface area contributed by atoms with Gasteiger partial charge in [0.05, 0.1) is 18.1 Å². The van der Waals surface area contributed by atoms with E-state index in [1.807, 2.05) is 18.2 Å². The van der Waals surface area contributed by atoms with Crippen LogP contribution in [0.3, 0.4) is 0 Å². The average molecular weight is 498 g/mol. The minimum atomic E-state index is 0.491. The highest BCUT2D eigenvalue weighted by molar-refractivity contribution is 6.35. The van der Waals surface area contributed by atoms with Gasteiger partial charge < -0.3 is 15.0 Å². The fourth-order valence-corrected chi connectivity index (χ4v) is 4.81. The summed E-state index contributed by atoms with van der Waals surface area (Å²) < 4.78 is 6.12. The number of likely N-dealkylation sites (tertiary alicyclic amines) is 1. The van der Waals surface area contributed by atoms with Gasteiger partial charge in [0, 0.05) is 54.4 Å². The molecule has 0 amide bonds. The first-order valence-electron chi connectivity index (χ1n) is 11.6. The monoisotopic (exact) mass is 497 g/mol. The molecule has 0 saturated carbocycles. The molecule has 2 aromatic heterocycles. The van der Waals surface area contributed by atoms with Crippen molar-refractivity contribution in [2.45, 2.75) is 19.4 Å². The van der Waals surface area contributed by atoms with Crippen molar-refractivity contribution >= 4 is 29.2 Å². The van der Waals surface area contributed by atoms with Crippen LogP contribution in [0, 0.1) is 6.42 Å². The molecule has 1 radical (unpaired) electrons. The summed E-state index contributed by atoms with van der Waals surface area (Å²) in [6, 6.07) is 9.51. The van der Waals surface area contributed by atoms with Crippen LogP contribution >= 0.6 is 23.2 Å². The molecule has 2 aliphatic rings. The van der Waals surface area contributed by atoms with Gasteiger partial charge in [0.1, 0.15) is 0 Å². The number of pyridine rings is 1. The Bertz CT molecular complexity index is 1090. The summed E-state index contributed by atoms with van der Waals surface area (Å²) in [7, 11) is 0. The van der Waals surface area contributed by atoms with Gasteiger partial charge in [0.15, 0.2) is 5.75 Å². The van der Waals surface area contributed by atoms with Gasteiger partial charge in [-0.05, 0) is 62.2 Å². The molecular weight excluding hydrogens is 471 g/mol. The molecule has 4 heterocycles. The van der Waals surface area contributed by atoms with Crippen molar-refractivity contribution in [3.63, 3.8) is 0 Å². The number of hydrogen-bond donors (Lipinski definition) is 1. The molecule has 0 aliphatic carbocycles. The summed E-state index contributed by atoms with van der Waals surface area (Å²) in [6.07, 6.45) is 7.98. The Morgan fingerprint density at radius 3 is 2.29 bits per heavy atom. The largest absolute Gasteiger partial charge is 0.436 e. The number of rotatable bonds is 6. The molecule has 2 aliphatic heterocycles. The Kier molecular flexibility index (Phi) is 7.45. The smallest absolute Gasteiger partial charge is 0.225 e. The van der Waals surface area contributed by atoms with Crippen LogP contribution in [0.5, 0.6) is 11.6 Å². The van der Waals surface area contributed by atoms with E-state index in [2.05, 4.69) is 37.6 Å². The standard InChI is InChI=1S/C25H27Cl2N6O/c26-20-12-19(13-21(27)14-20)23-10-18(17-32-6-2-1-3-7-32)11-24(31-23)34-22-15-29-25(30-16-22)33-8-4-28-5-9-33/h1,10-16,28H,2-9,17H2. The van der Waals surface area contributed by atoms with Crippen LogP contribution in [0.4, 0.5) is 5.95 Å². The highest BCUT2D eigenvalue weighted by Crippen LogP contribution is 2.30. The highest BCUT2D eigenvalue weighted by atomic mass is 35.5. The second kappa shape index (κ2) is 10.9. The quantitative estimate of drug-likeness (QED) is 0.522. The summed E-state index contributed by atoms with van der Waals surface area (Å²) in [4.78, 5) is 18.4. The van der Waals surface area contributed by atoms with E-state index in [1.165, 1.54) is 0 Å². The lowest BCUT2D eigenvalue weighted by Crippen LogP contribution is -2.44. The van der Waals surface area contributed by atoms with Gasteiger partial charge in [-0.2, -0.15) is 0 Å². The van der Waals surface area contributed by atoms with Gasteiger partial charge in [-0.1, -0.05) is 23.2 Å².